The van der Waals surface area contributed by atoms with Gasteiger partial charge in [0.15, 0.2) is 0 Å². The lowest BCUT2D eigenvalue weighted by atomic mass is 9.83. The number of benzene rings is 9. The van der Waals surface area contributed by atoms with Crippen molar-refractivity contribution < 1.29 is 4.42 Å². The molecule has 0 spiro atoms. The fourth-order valence-electron chi connectivity index (χ4n) is 9.25. The van der Waals surface area contributed by atoms with Crippen LogP contribution in [-0.2, 0) is 6.42 Å². The van der Waals surface area contributed by atoms with Gasteiger partial charge in [-0.2, -0.15) is 0 Å². The van der Waals surface area contributed by atoms with Crippen LogP contribution < -0.4 is 0 Å². The van der Waals surface area contributed by atoms with E-state index in [1.165, 1.54) is 97.0 Å². The Balaban J connectivity index is 1.04. The Morgan fingerprint density at radius 1 is 0.407 bits per heavy atom. The second kappa shape index (κ2) is 11.5. The van der Waals surface area contributed by atoms with Crippen LogP contribution in [0, 0.1) is 0 Å². The third kappa shape index (κ3) is 4.44. The van der Waals surface area contributed by atoms with Crippen LogP contribution in [0.4, 0.5) is 0 Å². The van der Waals surface area contributed by atoms with Crippen molar-refractivity contribution in [2.75, 3.05) is 0 Å². The van der Waals surface area contributed by atoms with Crippen molar-refractivity contribution in [1.29, 1.82) is 0 Å². The molecule has 1 nitrogen and oxygen atoms in total. The summed E-state index contributed by atoms with van der Waals surface area (Å²) >= 11 is 1.86. The fourth-order valence-corrected chi connectivity index (χ4v) is 10.4. The molecule has 0 fully saturated rings. The first-order valence-electron chi connectivity index (χ1n) is 18.8. The molecule has 1 aliphatic rings. The topological polar surface area (TPSA) is 13.1 Å². The second-order valence-electron chi connectivity index (χ2n) is 14.7. The normalized spacial score (nSPS) is 13.1. The van der Waals surface area contributed by atoms with Crippen molar-refractivity contribution >= 4 is 97.4 Å². The number of hydrogen-bond acceptors (Lipinski definition) is 2. The van der Waals surface area contributed by atoms with Crippen molar-refractivity contribution in [1.82, 2.24) is 0 Å². The highest BCUT2D eigenvalue weighted by Crippen LogP contribution is 2.46. The molecule has 0 unspecified atom stereocenters. The summed E-state index contributed by atoms with van der Waals surface area (Å²) in [6, 6.07) is 60.5. The fraction of sp³-hybridized carbons (Fsp3) is 0.0385. The van der Waals surface area contributed by atoms with Crippen LogP contribution in [0.3, 0.4) is 0 Å². The third-order valence-corrected chi connectivity index (χ3v) is 12.9. The predicted octanol–water partition coefficient (Wildman–Crippen LogP) is 15.2. The monoisotopic (exact) mass is 704 g/mol. The molecule has 0 amide bonds. The zero-order valence-electron chi connectivity index (χ0n) is 29.4. The SMILES string of the molecule is C1=C(c2ccccc2)CCc2cc(-c3c4ccccc4c(-c4ccc5oc6cc7c(ccc8sc9ccccc9c87)cc6c5c4)c4ccccc34)ccc21. The molecule has 0 saturated carbocycles. The van der Waals surface area contributed by atoms with Crippen LogP contribution in [-0.4, -0.2) is 0 Å². The average Bonchev–Trinajstić information content (AvgIpc) is 3.79. The summed E-state index contributed by atoms with van der Waals surface area (Å²) in [4.78, 5) is 0. The quantitative estimate of drug-likeness (QED) is 0.167. The number of hydrogen-bond donors (Lipinski definition) is 0. The second-order valence-corrected chi connectivity index (χ2v) is 15.8. The smallest absolute Gasteiger partial charge is 0.136 e. The number of fused-ring (bicyclic) bond motifs is 11. The molecular formula is C52H32OS. The van der Waals surface area contributed by atoms with Gasteiger partial charge in [0.25, 0.3) is 0 Å². The first kappa shape index (κ1) is 30.0. The van der Waals surface area contributed by atoms with Gasteiger partial charge in [0.05, 0.1) is 0 Å². The molecule has 9 aromatic carbocycles. The van der Waals surface area contributed by atoms with Gasteiger partial charge in [-0.1, -0.05) is 133 Å². The van der Waals surface area contributed by atoms with E-state index in [-0.39, 0.29) is 0 Å². The van der Waals surface area contributed by atoms with Crippen LogP contribution in [0.5, 0.6) is 0 Å². The minimum Gasteiger partial charge on any atom is -0.456 e. The first-order valence-corrected chi connectivity index (χ1v) is 19.6. The van der Waals surface area contributed by atoms with Crippen molar-refractivity contribution in [3.8, 4) is 22.3 Å². The molecular weight excluding hydrogens is 673 g/mol. The van der Waals surface area contributed by atoms with Gasteiger partial charge < -0.3 is 4.42 Å². The zero-order chi connectivity index (χ0) is 35.3. The Morgan fingerprint density at radius 3 is 1.81 bits per heavy atom. The molecule has 2 heteroatoms. The van der Waals surface area contributed by atoms with E-state index in [2.05, 4.69) is 170 Å². The average molecular weight is 705 g/mol. The highest BCUT2D eigenvalue weighted by Gasteiger charge is 2.20. The predicted molar refractivity (Wildman–Crippen MR) is 233 cm³/mol. The third-order valence-electron chi connectivity index (χ3n) is 11.7. The molecule has 11 aromatic rings. The molecule has 252 valence electrons. The van der Waals surface area contributed by atoms with Crippen LogP contribution in [0.2, 0.25) is 0 Å². The van der Waals surface area contributed by atoms with Crippen molar-refractivity contribution in [2.45, 2.75) is 12.8 Å². The maximum absolute atomic E-state index is 6.62. The summed E-state index contributed by atoms with van der Waals surface area (Å²) in [5.74, 6) is 0. The molecule has 1 aliphatic carbocycles. The lowest BCUT2D eigenvalue weighted by molar-refractivity contribution is 0.669. The Bertz CT molecular complexity index is 3320. The molecule has 12 rings (SSSR count). The molecule has 2 heterocycles. The summed E-state index contributed by atoms with van der Waals surface area (Å²) in [6.07, 6.45) is 4.48. The molecule has 0 saturated heterocycles. The lowest BCUT2D eigenvalue weighted by Gasteiger charge is -2.20. The van der Waals surface area contributed by atoms with Crippen LogP contribution >= 0.6 is 11.3 Å². The minimum atomic E-state index is 0.916. The van der Waals surface area contributed by atoms with E-state index in [1.54, 1.807) is 0 Å². The van der Waals surface area contributed by atoms with E-state index in [4.69, 9.17) is 4.42 Å². The van der Waals surface area contributed by atoms with Gasteiger partial charge in [0.1, 0.15) is 11.2 Å². The summed E-state index contributed by atoms with van der Waals surface area (Å²) in [6.45, 7) is 0. The standard InChI is InChI=1S/C52H32OS/c1-2-10-31(11-3-1)32-18-19-34-27-36(21-20-33(34)26-32)50-38-12-4-6-14-40(38)51(41-15-7-5-13-39(41)50)37-22-24-46-44(29-37)45-28-35-23-25-49-52(43(35)30-47(45)53-46)42-16-8-9-17-48(42)54-49/h1-17,20-30H,18-19H2. The van der Waals surface area contributed by atoms with Gasteiger partial charge in [-0.15, -0.1) is 11.3 Å². The Morgan fingerprint density at radius 2 is 1.06 bits per heavy atom. The molecule has 0 atom stereocenters. The van der Waals surface area contributed by atoms with E-state index in [1.807, 2.05) is 11.3 Å². The maximum Gasteiger partial charge on any atom is 0.136 e. The first-order chi connectivity index (χ1) is 26.7. The lowest BCUT2D eigenvalue weighted by Crippen LogP contribution is -2.00. The van der Waals surface area contributed by atoms with E-state index >= 15 is 0 Å². The summed E-state index contributed by atoms with van der Waals surface area (Å²) < 4.78 is 9.25. The van der Waals surface area contributed by atoms with E-state index in [0.717, 1.165) is 34.8 Å². The number of rotatable bonds is 3. The molecule has 0 aliphatic heterocycles. The van der Waals surface area contributed by atoms with Crippen molar-refractivity contribution in [2.24, 2.45) is 0 Å². The Labute approximate surface area is 316 Å². The van der Waals surface area contributed by atoms with Crippen molar-refractivity contribution in [3.63, 3.8) is 0 Å². The summed E-state index contributed by atoms with van der Waals surface area (Å²) in [5, 5.41) is 12.5. The minimum absolute atomic E-state index is 0.916. The van der Waals surface area contributed by atoms with E-state index in [9.17, 15) is 0 Å². The van der Waals surface area contributed by atoms with Gasteiger partial charge in [-0.25, -0.2) is 0 Å². The van der Waals surface area contributed by atoms with Gasteiger partial charge in [0.2, 0.25) is 0 Å². The van der Waals surface area contributed by atoms with E-state index in [0.29, 0.717) is 0 Å². The maximum atomic E-state index is 6.62. The van der Waals surface area contributed by atoms with E-state index < -0.39 is 0 Å². The zero-order valence-corrected chi connectivity index (χ0v) is 30.2. The number of thiophene rings is 1. The Kier molecular flexibility index (Phi) is 6.40. The summed E-state index contributed by atoms with van der Waals surface area (Å²) in [5.41, 5.74) is 12.4. The number of furan rings is 1. The molecule has 0 N–H and O–H groups in total. The molecule has 0 bridgehead atoms. The summed E-state index contributed by atoms with van der Waals surface area (Å²) in [7, 11) is 0. The number of allylic oxidation sites excluding steroid dienone is 1. The van der Waals surface area contributed by atoms with Crippen molar-refractivity contribution in [3.05, 3.63) is 180 Å². The molecule has 2 aromatic heterocycles. The molecule has 54 heavy (non-hydrogen) atoms. The largest absolute Gasteiger partial charge is 0.456 e. The Hall–Kier alpha value is -6.48. The highest BCUT2D eigenvalue weighted by atomic mass is 32.1. The van der Waals surface area contributed by atoms with Gasteiger partial charge in [0, 0.05) is 30.9 Å². The molecule has 0 radical (unpaired) electrons. The van der Waals surface area contributed by atoms with Crippen LogP contribution in [0.25, 0.3) is 108 Å². The van der Waals surface area contributed by atoms with Gasteiger partial charge in [-0.05, 0) is 126 Å². The van der Waals surface area contributed by atoms with Crippen LogP contribution in [0.15, 0.2) is 168 Å². The van der Waals surface area contributed by atoms with Gasteiger partial charge >= 0.3 is 0 Å². The highest BCUT2D eigenvalue weighted by molar-refractivity contribution is 7.26. The number of aryl methyl sites for hydroxylation is 1. The van der Waals surface area contributed by atoms with Crippen LogP contribution in [0.1, 0.15) is 23.1 Å². The van der Waals surface area contributed by atoms with Gasteiger partial charge in [-0.3, -0.25) is 0 Å².